The predicted octanol–water partition coefficient (Wildman–Crippen LogP) is 1.96. The molecule has 0 saturated heterocycles. The van der Waals surface area contributed by atoms with Gasteiger partial charge in [-0.15, -0.1) is 12.4 Å². The summed E-state index contributed by atoms with van der Waals surface area (Å²) in [7, 11) is 1.65. The molecule has 86 valence electrons. The first kappa shape index (κ1) is 14.7. The standard InChI is InChI=1S/C10H14BrNO2.ClH/c1-14-10-3-2-9(11)6-8(10)7-12-4-5-13;/h2-3,6,12-13H,4-5,7H2,1H3;1H. The van der Waals surface area contributed by atoms with E-state index in [-0.39, 0.29) is 19.0 Å². The van der Waals surface area contributed by atoms with Crippen molar-refractivity contribution < 1.29 is 9.84 Å². The Kier molecular flexibility index (Phi) is 7.78. The molecule has 0 atom stereocenters. The first-order chi connectivity index (χ1) is 6.77. The number of hydrogen-bond acceptors (Lipinski definition) is 3. The van der Waals surface area contributed by atoms with Crippen LogP contribution in [0.1, 0.15) is 5.56 Å². The molecule has 1 aromatic carbocycles. The van der Waals surface area contributed by atoms with Gasteiger partial charge >= 0.3 is 0 Å². The van der Waals surface area contributed by atoms with Gasteiger partial charge in [0, 0.05) is 23.1 Å². The molecule has 0 spiro atoms. The third-order valence-electron chi connectivity index (χ3n) is 1.85. The van der Waals surface area contributed by atoms with E-state index in [0.717, 1.165) is 15.8 Å². The van der Waals surface area contributed by atoms with E-state index in [1.165, 1.54) is 0 Å². The Labute approximate surface area is 104 Å². The number of rotatable bonds is 5. The van der Waals surface area contributed by atoms with Crippen LogP contribution in [0.4, 0.5) is 0 Å². The fourth-order valence-electron chi connectivity index (χ4n) is 1.19. The van der Waals surface area contributed by atoms with Gasteiger partial charge in [0.2, 0.25) is 0 Å². The summed E-state index contributed by atoms with van der Waals surface area (Å²) >= 11 is 3.40. The second-order valence-corrected chi connectivity index (χ2v) is 3.77. The van der Waals surface area contributed by atoms with Crippen LogP contribution >= 0.6 is 28.3 Å². The summed E-state index contributed by atoms with van der Waals surface area (Å²) in [4.78, 5) is 0. The van der Waals surface area contributed by atoms with Crippen LogP contribution in [0.25, 0.3) is 0 Å². The first-order valence-corrected chi connectivity index (χ1v) is 5.21. The van der Waals surface area contributed by atoms with Gasteiger partial charge in [-0.25, -0.2) is 0 Å². The van der Waals surface area contributed by atoms with Gasteiger partial charge in [-0.1, -0.05) is 15.9 Å². The monoisotopic (exact) mass is 295 g/mol. The van der Waals surface area contributed by atoms with Crippen molar-refractivity contribution in [3.05, 3.63) is 28.2 Å². The summed E-state index contributed by atoms with van der Waals surface area (Å²) in [5.41, 5.74) is 1.08. The molecule has 0 bridgehead atoms. The average molecular weight is 297 g/mol. The van der Waals surface area contributed by atoms with E-state index in [2.05, 4.69) is 21.2 Å². The highest BCUT2D eigenvalue weighted by atomic mass is 79.9. The topological polar surface area (TPSA) is 41.5 Å². The lowest BCUT2D eigenvalue weighted by Gasteiger charge is -2.09. The Morgan fingerprint density at radius 1 is 1.47 bits per heavy atom. The van der Waals surface area contributed by atoms with Gasteiger partial charge in [0.05, 0.1) is 13.7 Å². The van der Waals surface area contributed by atoms with Crippen molar-refractivity contribution in [2.75, 3.05) is 20.3 Å². The largest absolute Gasteiger partial charge is 0.496 e. The van der Waals surface area contributed by atoms with Gasteiger partial charge in [0.1, 0.15) is 5.75 Å². The van der Waals surface area contributed by atoms with Crippen molar-refractivity contribution in [1.82, 2.24) is 5.32 Å². The van der Waals surface area contributed by atoms with Gasteiger partial charge in [-0.2, -0.15) is 0 Å². The normalized spacial score (nSPS) is 9.53. The van der Waals surface area contributed by atoms with Crippen molar-refractivity contribution in [2.45, 2.75) is 6.54 Å². The number of aliphatic hydroxyl groups is 1. The van der Waals surface area contributed by atoms with Gasteiger partial charge < -0.3 is 15.2 Å². The zero-order valence-corrected chi connectivity index (χ0v) is 10.9. The third kappa shape index (κ3) is 4.84. The number of ether oxygens (including phenoxy) is 1. The van der Waals surface area contributed by atoms with Gasteiger partial charge in [-0.05, 0) is 18.2 Å². The van der Waals surface area contributed by atoms with Gasteiger partial charge in [0.25, 0.3) is 0 Å². The Morgan fingerprint density at radius 2 is 2.20 bits per heavy atom. The first-order valence-electron chi connectivity index (χ1n) is 4.42. The van der Waals surface area contributed by atoms with Crippen LogP contribution in [-0.4, -0.2) is 25.4 Å². The molecule has 0 unspecified atom stereocenters. The smallest absolute Gasteiger partial charge is 0.123 e. The van der Waals surface area contributed by atoms with Crippen molar-refractivity contribution in [1.29, 1.82) is 0 Å². The van der Waals surface area contributed by atoms with Gasteiger partial charge in [-0.3, -0.25) is 0 Å². The molecule has 1 aromatic rings. The average Bonchev–Trinajstić information content (AvgIpc) is 2.19. The van der Waals surface area contributed by atoms with E-state index in [4.69, 9.17) is 9.84 Å². The van der Waals surface area contributed by atoms with E-state index in [9.17, 15) is 0 Å². The van der Waals surface area contributed by atoms with Crippen LogP contribution in [0.3, 0.4) is 0 Å². The minimum atomic E-state index is 0. The van der Waals surface area contributed by atoms with Crippen molar-refractivity contribution >= 4 is 28.3 Å². The van der Waals surface area contributed by atoms with Crippen LogP contribution in [0, 0.1) is 0 Å². The van der Waals surface area contributed by atoms with Crippen molar-refractivity contribution in [3.8, 4) is 5.75 Å². The van der Waals surface area contributed by atoms with Crippen LogP contribution in [0.15, 0.2) is 22.7 Å². The Morgan fingerprint density at radius 3 is 2.80 bits per heavy atom. The molecule has 0 aliphatic heterocycles. The molecule has 0 aliphatic carbocycles. The van der Waals surface area contributed by atoms with E-state index in [1.54, 1.807) is 7.11 Å². The second kappa shape index (κ2) is 7.93. The molecule has 3 nitrogen and oxygen atoms in total. The number of methoxy groups -OCH3 is 1. The fourth-order valence-corrected chi connectivity index (χ4v) is 1.60. The van der Waals surface area contributed by atoms with E-state index in [1.807, 2.05) is 18.2 Å². The van der Waals surface area contributed by atoms with Crippen molar-refractivity contribution in [3.63, 3.8) is 0 Å². The zero-order chi connectivity index (χ0) is 10.4. The quantitative estimate of drug-likeness (QED) is 0.816. The maximum Gasteiger partial charge on any atom is 0.123 e. The summed E-state index contributed by atoms with van der Waals surface area (Å²) in [6.45, 7) is 1.44. The van der Waals surface area contributed by atoms with E-state index in [0.29, 0.717) is 13.1 Å². The molecule has 0 heterocycles. The summed E-state index contributed by atoms with van der Waals surface area (Å²) in [5, 5.41) is 11.7. The molecule has 0 aliphatic rings. The summed E-state index contributed by atoms with van der Waals surface area (Å²) in [6.07, 6.45) is 0. The highest BCUT2D eigenvalue weighted by molar-refractivity contribution is 9.10. The summed E-state index contributed by atoms with van der Waals surface area (Å²) in [5.74, 6) is 0.860. The van der Waals surface area contributed by atoms with E-state index < -0.39 is 0 Å². The molecule has 0 saturated carbocycles. The van der Waals surface area contributed by atoms with Crippen molar-refractivity contribution in [2.24, 2.45) is 0 Å². The lowest BCUT2D eigenvalue weighted by Crippen LogP contribution is -2.17. The Bertz CT molecular complexity index is 297. The number of benzene rings is 1. The molecule has 0 fully saturated rings. The number of halogens is 2. The van der Waals surface area contributed by atoms with Crippen LogP contribution < -0.4 is 10.1 Å². The molecule has 0 amide bonds. The summed E-state index contributed by atoms with van der Waals surface area (Å²) in [6, 6.07) is 5.86. The Balaban J connectivity index is 0.00000196. The highest BCUT2D eigenvalue weighted by Crippen LogP contribution is 2.22. The molecular weight excluding hydrogens is 281 g/mol. The SMILES string of the molecule is COc1ccc(Br)cc1CNCCO.Cl. The van der Waals surface area contributed by atoms with Crippen LogP contribution in [0.5, 0.6) is 5.75 Å². The second-order valence-electron chi connectivity index (χ2n) is 2.86. The van der Waals surface area contributed by atoms with E-state index >= 15 is 0 Å². The number of hydrogen-bond donors (Lipinski definition) is 2. The number of aliphatic hydroxyl groups excluding tert-OH is 1. The molecule has 15 heavy (non-hydrogen) atoms. The molecule has 0 radical (unpaired) electrons. The van der Waals surface area contributed by atoms with Gasteiger partial charge in [0.15, 0.2) is 0 Å². The predicted molar refractivity (Wildman–Crippen MR) is 66.7 cm³/mol. The molecule has 0 aromatic heterocycles. The Hall–Kier alpha value is -0.290. The molecule has 2 N–H and O–H groups in total. The fraction of sp³-hybridized carbons (Fsp3) is 0.400. The zero-order valence-electron chi connectivity index (χ0n) is 8.50. The lowest BCUT2D eigenvalue weighted by molar-refractivity contribution is 0.291. The lowest BCUT2D eigenvalue weighted by atomic mass is 10.2. The minimum absolute atomic E-state index is 0. The number of nitrogens with one attached hydrogen (secondary N) is 1. The van der Waals surface area contributed by atoms with Crippen LogP contribution in [-0.2, 0) is 6.54 Å². The molecule has 5 heteroatoms. The maximum absolute atomic E-state index is 8.62. The minimum Gasteiger partial charge on any atom is -0.496 e. The summed E-state index contributed by atoms with van der Waals surface area (Å²) < 4.78 is 6.23. The highest BCUT2D eigenvalue weighted by Gasteiger charge is 2.02. The maximum atomic E-state index is 8.62. The molecule has 1 rings (SSSR count). The van der Waals surface area contributed by atoms with Crippen LogP contribution in [0.2, 0.25) is 0 Å². The molecular formula is C10H15BrClNO2. The third-order valence-corrected chi connectivity index (χ3v) is 2.34.